The van der Waals surface area contributed by atoms with Gasteiger partial charge in [0.25, 0.3) is 0 Å². The molecule has 2 aromatic rings. The highest BCUT2D eigenvalue weighted by Gasteiger charge is 2.06. The van der Waals surface area contributed by atoms with E-state index in [1.54, 1.807) is 0 Å². The van der Waals surface area contributed by atoms with E-state index in [1.807, 2.05) is 50.2 Å². The molecule has 0 saturated heterocycles. The number of hydrogen-bond acceptors (Lipinski definition) is 3. The van der Waals surface area contributed by atoms with Crippen LogP contribution in [0.2, 0.25) is 0 Å². The van der Waals surface area contributed by atoms with E-state index in [4.69, 9.17) is 4.74 Å². The molecule has 0 atom stereocenters. The van der Waals surface area contributed by atoms with Gasteiger partial charge in [-0.2, -0.15) is 0 Å². The van der Waals surface area contributed by atoms with Gasteiger partial charge in [-0.05, 0) is 56.2 Å². The molecular weight excluding hydrogens is 314 g/mol. The predicted octanol–water partition coefficient (Wildman–Crippen LogP) is 4.04. The molecule has 0 saturated carbocycles. The van der Waals surface area contributed by atoms with Crippen molar-refractivity contribution < 1.29 is 9.53 Å². The SMILES string of the molecule is CCOc1ccc(NC(=O)NCCCN(C)c2ccccc2)c(C)c1. The van der Waals surface area contributed by atoms with Gasteiger partial charge in [0.15, 0.2) is 0 Å². The molecule has 0 aliphatic rings. The number of nitrogens with one attached hydrogen (secondary N) is 2. The largest absolute Gasteiger partial charge is 0.494 e. The Hall–Kier alpha value is -2.69. The molecule has 5 heteroatoms. The van der Waals surface area contributed by atoms with Crippen LogP contribution in [0.15, 0.2) is 48.5 Å². The van der Waals surface area contributed by atoms with Crippen molar-refractivity contribution in [1.29, 1.82) is 0 Å². The summed E-state index contributed by atoms with van der Waals surface area (Å²) in [6.45, 7) is 6.03. The zero-order valence-electron chi connectivity index (χ0n) is 15.2. The average molecular weight is 341 g/mol. The van der Waals surface area contributed by atoms with Gasteiger partial charge in [0.1, 0.15) is 5.75 Å². The standard InChI is InChI=1S/C20H27N3O2/c1-4-25-18-11-12-19(16(2)15-18)22-20(24)21-13-8-14-23(3)17-9-6-5-7-10-17/h5-7,9-12,15H,4,8,13-14H2,1-3H3,(H2,21,22,24). The van der Waals surface area contributed by atoms with Crippen LogP contribution in [0.3, 0.4) is 0 Å². The molecule has 5 nitrogen and oxygen atoms in total. The first-order chi connectivity index (χ1) is 12.1. The van der Waals surface area contributed by atoms with Crippen LogP contribution >= 0.6 is 0 Å². The summed E-state index contributed by atoms with van der Waals surface area (Å²) in [7, 11) is 2.05. The van der Waals surface area contributed by atoms with E-state index in [2.05, 4.69) is 34.7 Å². The Bertz CT molecular complexity index is 674. The predicted molar refractivity (Wildman–Crippen MR) is 104 cm³/mol. The number of para-hydroxylation sites is 1. The molecule has 0 radical (unpaired) electrons. The molecule has 0 unspecified atom stereocenters. The van der Waals surface area contributed by atoms with Crippen molar-refractivity contribution in [2.24, 2.45) is 0 Å². The molecular formula is C20H27N3O2. The Morgan fingerprint density at radius 3 is 2.60 bits per heavy atom. The summed E-state index contributed by atoms with van der Waals surface area (Å²) < 4.78 is 5.45. The van der Waals surface area contributed by atoms with Gasteiger partial charge in [0, 0.05) is 31.5 Å². The maximum absolute atomic E-state index is 12.0. The lowest BCUT2D eigenvalue weighted by Crippen LogP contribution is -2.31. The second-order valence-electron chi connectivity index (χ2n) is 5.90. The minimum Gasteiger partial charge on any atom is -0.494 e. The van der Waals surface area contributed by atoms with Crippen molar-refractivity contribution in [2.75, 3.05) is 37.0 Å². The third-order valence-corrected chi connectivity index (χ3v) is 3.91. The van der Waals surface area contributed by atoms with E-state index in [0.29, 0.717) is 13.2 Å². The summed E-state index contributed by atoms with van der Waals surface area (Å²) in [6.07, 6.45) is 0.876. The van der Waals surface area contributed by atoms with E-state index in [-0.39, 0.29) is 6.03 Å². The molecule has 2 amide bonds. The molecule has 0 aromatic heterocycles. The normalized spacial score (nSPS) is 10.2. The number of ether oxygens (including phenoxy) is 1. The summed E-state index contributed by atoms with van der Waals surface area (Å²) in [5.41, 5.74) is 2.95. The number of amides is 2. The molecule has 0 spiro atoms. The lowest BCUT2D eigenvalue weighted by Gasteiger charge is -2.19. The summed E-state index contributed by atoms with van der Waals surface area (Å²) in [5.74, 6) is 0.815. The fourth-order valence-corrected chi connectivity index (χ4v) is 2.53. The Morgan fingerprint density at radius 2 is 1.92 bits per heavy atom. The van der Waals surface area contributed by atoms with Crippen molar-refractivity contribution in [1.82, 2.24) is 5.32 Å². The second kappa shape index (κ2) is 9.57. The van der Waals surface area contributed by atoms with Crippen molar-refractivity contribution in [3.8, 4) is 5.75 Å². The van der Waals surface area contributed by atoms with E-state index in [9.17, 15) is 4.79 Å². The van der Waals surface area contributed by atoms with Crippen molar-refractivity contribution in [3.05, 3.63) is 54.1 Å². The monoisotopic (exact) mass is 341 g/mol. The third kappa shape index (κ3) is 6.03. The van der Waals surface area contributed by atoms with Gasteiger partial charge in [0.2, 0.25) is 0 Å². The molecule has 0 heterocycles. The zero-order chi connectivity index (χ0) is 18.1. The number of aryl methyl sites for hydroxylation is 1. The number of carbonyl (C=O) groups is 1. The number of hydrogen-bond donors (Lipinski definition) is 2. The topological polar surface area (TPSA) is 53.6 Å². The molecule has 2 N–H and O–H groups in total. The number of urea groups is 1. The number of rotatable bonds is 8. The van der Waals surface area contributed by atoms with E-state index in [0.717, 1.165) is 30.0 Å². The highest BCUT2D eigenvalue weighted by Crippen LogP contribution is 2.21. The van der Waals surface area contributed by atoms with Crippen molar-refractivity contribution >= 4 is 17.4 Å². The number of nitrogens with zero attached hydrogens (tertiary/aromatic N) is 1. The number of carbonyl (C=O) groups excluding carboxylic acids is 1. The van der Waals surface area contributed by atoms with Gasteiger partial charge in [-0.15, -0.1) is 0 Å². The first-order valence-corrected chi connectivity index (χ1v) is 8.64. The number of anilines is 2. The Labute approximate surface area is 150 Å². The summed E-state index contributed by atoms with van der Waals surface area (Å²) in [6, 6.07) is 15.7. The highest BCUT2D eigenvalue weighted by molar-refractivity contribution is 5.90. The van der Waals surface area contributed by atoms with E-state index >= 15 is 0 Å². The molecule has 2 aromatic carbocycles. The van der Waals surface area contributed by atoms with Gasteiger partial charge in [-0.1, -0.05) is 18.2 Å². The zero-order valence-corrected chi connectivity index (χ0v) is 15.2. The fourth-order valence-electron chi connectivity index (χ4n) is 2.53. The van der Waals surface area contributed by atoms with Crippen LogP contribution in [-0.4, -0.2) is 32.8 Å². The summed E-state index contributed by atoms with van der Waals surface area (Å²) >= 11 is 0. The minimum absolute atomic E-state index is 0.186. The van der Waals surface area contributed by atoms with Gasteiger partial charge >= 0.3 is 6.03 Å². The molecule has 25 heavy (non-hydrogen) atoms. The average Bonchev–Trinajstić information content (AvgIpc) is 2.62. The minimum atomic E-state index is -0.186. The molecule has 0 aliphatic carbocycles. The van der Waals surface area contributed by atoms with Gasteiger partial charge in [-0.25, -0.2) is 4.79 Å². The van der Waals surface area contributed by atoms with Gasteiger partial charge in [-0.3, -0.25) is 0 Å². The van der Waals surface area contributed by atoms with Gasteiger partial charge < -0.3 is 20.3 Å². The highest BCUT2D eigenvalue weighted by atomic mass is 16.5. The fraction of sp³-hybridized carbons (Fsp3) is 0.350. The lowest BCUT2D eigenvalue weighted by atomic mass is 10.2. The second-order valence-corrected chi connectivity index (χ2v) is 5.90. The Kier molecular flexibility index (Phi) is 7.14. The lowest BCUT2D eigenvalue weighted by molar-refractivity contribution is 0.252. The van der Waals surface area contributed by atoms with E-state index in [1.165, 1.54) is 5.69 Å². The Balaban J connectivity index is 1.72. The van der Waals surface area contributed by atoms with Gasteiger partial charge in [0.05, 0.1) is 6.61 Å². The summed E-state index contributed by atoms with van der Waals surface area (Å²) in [4.78, 5) is 14.2. The Morgan fingerprint density at radius 1 is 1.16 bits per heavy atom. The first kappa shape index (κ1) is 18.6. The molecule has 134 valence electrons. The summed E-state index contributed by atoms with van der Waals surface area (Å²) in [5, 5.41) is 5.78. The maximum atomic E-state index is 12.0. The van der Waals surface area contributed by atoms with Crippen LogP contribution in [-0.2, 0) is 0 Å². The van der Waals surface area contributed by atoms with Crippen LogP contribution in [0.4, 0.5) is 16.2 Å². The quantitative estimate of drug-likeness (QED) is 0.713. The van der Waals surface area contributed by atoms with Crippen LogP contribution in [0, 0.1) is 6.92 Å². The van der Waals surface area contributed by atoms with Crippen LogP contribution in [0.25, 0.3) is 0 Å². The molecule has 0 bridgehead atoms. The van der Waals surface area contributed by atoms with Crippen molar-refractivity contribution in [2.45, 2.75) is 20.3 Å². The number of benzene rings is 2. The van der Waals surface area contributed by atoms with Crippen LogP contribution in [0.5, 0.6) is 5.75 Å². The smallest absolute Gasteiger partial charge is 0.319 e. The van der Waals surface area contributed by atoms with Crippen LogP contribution < -0.4 is 20.3 Å². The third-order valence-electron chi connectivity index (χ3n) is 3.91. The van der Waals surface area contributed by atoms with Crippen LogP contribution in [0.1, 0.15) is 18.9 Å². The molecule has 2 rings (SSSR count). The maximum Gasteiger partial charge on any atom is 0.319 e. The van der Waals surface area contributed by atoms with Crippen molar-refractivity contribution in [3.63, 3.8) is 0 Å². The molecule has 0 fully saturated rings. The molecule has 0 aliphatic heterocycles. The first-order valence-electron chi connectivity index (χ1n) is 8.64. The van der Waals surface area contributed by atoms with E-state index < -0.39 is 0 Å².